The molecule has 0 aliphatic heterocycles. The van der Waals surface area contributed by atoms with E-state index in [-0.39, 0.29) is 12.0 Å². The van der Waals surface area contributed by atoms with Crippen molar-refractivity contribution in [3.63, 3.8) is 0 Å². The van der Waals surface area contributed by atoms with Crippen molar-refractivity contribution in [1.82, 2.24) is 9.88 Å². The molecule has 0 aliphatic carbocycles. The average Bonchev–Trinajstić information content (AvgIpc) is 2.47. The summed E-state index contributed by atoms with van der Waals surface area (Å²) in [5, 5.41) is 0. The maximum Gasteiger partial charge on any atom is 0.305 e. The molecule has 5 nitrogen and oxygen atoms in total. The number of nitrogens with zero attached hydrogens (tertiary/aromatic N) is 2. The van der Waals surface area contributed by atoms with Gasteiger partial charge < -0.3 is 10.5 Å². The molecule has 0 radical (unpaired) electrons. The fourth-order valence-electron chi connectivity index (χ4n) is 2.28. The van der Waals surface area contributed by atoms with Crippen LogP contribution < -0.4 is 5.73 Å². The van der Waals surface area contributed by atoms with E-state index in [9.17, 15) is 4.79 Å². The molecule has 1 unspecified atom stereocenters. The maximum absolute atomic E-state index is 11.0. The molecule has 2 N–H and O–H groups in total. The van der Waals surface area contributed by atoms with Crippen molar-refractivity contribution in [3.05, 3.63) is 30.1 Å². The van der Waals surface area contributed by atoms with Gasteiger partial charge in [0, 0.05) is 37.9 Å². The van der Waals surface area contributed by atoms with Crippen LogP contribution in [0.15, 0.2) is 24.5 Å². The molecule has 0 saturated heterocycles. The second-order valence-corrected chi connectivity index (χ2v) is 5.46. The number of unbranched alkanes of at least 4 members (excludes halogenated alkanes) is 2. The summed E-state index contributed by atoms with van der Waals surface area (Å²) in [6, 6.07) is 4.19. The van der Waals surface area contributed by atoms with E-state index in [2.05, 4.69) is 20.7 Å². The second-order valence-electron chi connectivity index (χ2n) is 5.46. The molecular weight excluding hydrogens is 266 g/mol. The van der Waals surface area contributed by atoms with E-state index in [4.69, 9.17) is 5.73 Å². The first-order valence-corrected chi connectivity index (χ1v) is 7.55. The predicted molar refractivity (Wildman–Crippen MR) is 83.6 cm³/mol. The highest BCUT2D eigenvalue weighted by molar-refractivity contribution is 5.68. The van der Waals surface area contributed by atoms with Crippen LogP contribution in [0, 0.1) is 0 Å². The lowest BCUT2D eigenvalue weighted by Gasteiger charge is -2.24. The van der Waals surface area contributed by atoms with Crippen molar-refractivity contribution >= 4 is 5.97 Å². The Hall–Kier alpha value is -1.46. The van der Waals surface area contributed by atoms with Gasteiger partial charge in [-0.3, -0.25) is 14.7 Å². The Morgan fingerprint density at radius 3 is 2.86 bits per heavy atom. The summed E-state index contributed by atoms with van der Waals surface area (Å²) < 4.78 is 4.64. The van der Waals surface area contributed by atoms with E-state index in [1.165, 1.54) is 12.7 Å². The van der Waals surface area contributed by atoms with Crippen molar-refractivity contribution in [2.45, 2.75) is 45.2 Å². The van der Waals surface area contributed by atoms with Crippen LogP contribution in [0.4, 0.5) is 0 Å². The number of hydrogen-bond acceptors (Lipinski definition) is 5. The first-order chi connectivity index (χ1) is 10.1. The number of esters is 1. The van der Waals surface area contributed by atoms with Gasteiger partial charge in [-0.25, -0.2) is 0 Å². The van der Waals surface area contributed by atoms with Gasteiger partial charge in [0.05, 0.1) is 7.11 Å². The molecule has 1 heterocycles. The molecule has 1 aromatic heterocycles. The highest BCUT2D eigenvalue weighted by Crippen LogP contribution is 2.07. The number of carbonyl (C=O) groups is 1. The zero-order valence-corrected chi connectivity index (χ0v) is 13.1. The van der Waals surface area contributed by atoms with Gasteiger partial charge in [-0.05, 0) is 37.9 Å². The third-order valence-corrected chi connectivity index (χ3v) is 3.26. The Morgan fingerprint density at radius 1 is 1.43 bits per heavy atom. The molecule has 0 fully saturated rings. The van der Waals surface area contributed by atoms with Crippen LogP contribution in [0.25, 0.3) is 0 Å². The van der Waals surface area contributed by atoms with Crippen LogP contribution in [0.2, 0.25) is 0 Å². The van der Waals surface area contributed by atoms with Crippen molar-refractivity contribution in [2.24, 2.45) is 5.73 Å². The summed E-state index contributed by atoms with van der Waals surface area (Å²) in [6.07, 6.45) is 7.15. The van der Waals surface area contributed by atoms with Crippen molar-refractivity contribution in [1.29, 1.82) is 0 Å². The number of ether oxygens (including phenoxy) is 1. The normalized spacial score (nSPS) is 12.4. The van der Waals surface area contributed by atoms with Crippen molar-refractivity contribution in [2.75, 3.05) is 20.2 Å². The lowest BCUT2D eigenvalue weighted by Crippen LogP contribution is -2.35. The molecule has 21 heavy (non-hydrogen) atoms. The lowest BCUT2D eigenvalue weighted by molar-refractivity contribution is -0.140. The lowest BCUT2D eigenvalue weighted by atomic mass is 10.1. The first-order valence-electron chi connectivity index (χ1n) is 7.55. The largest absolute Gasteiger partial charge is 0.469 e. The minimum absolute atomic E-state index is 0.127. The number of pyridine rings is 1. The molecule has 1 atom stereocenters. The van der Waals surface area contributed by atoms with E-state index in [1.807, 2.05) is 19.2 Å². The Bertz CT molecular complexity index is 396. The van der Waals surface area contributed by atoms with Crippen LogP contribution in [0.5, 0.6) is 0 Å². The summed E-state index contributed by atoms with van der Waals surface area (Å²) in [5.74, 6) is -0.127. The Morgan fingerprint density at radius 2 is 2.24 bits per heavy atom. The standard InChI is InChI=1S/C16H27N3O2/c1-14(17)12-19(13-15-7-6-9-18-11-15)10-5-3-4-8-16(20)21-2/h6-7,9,11,14H,3-5,8,10,12-13,17H2,1-2H3. The van der Waals surface area contributed by atoms with E-state index < -0.39 is 0 Å². The number of aromatic nitrogens is 1. The predicted octanol–water partition coefficient (Wildman–Crippen LogP) is 1.96. The van der Waals surface area contributed by atoms with Gasteiger partial charge in [-0.1, -0.05) is 12.5 Å². The molecular formula is C16H27N3O2. The second kappa shape index (κ2) is 10.3. The fraction of sp³-hybridized carbons (Fsp3) is 0.625. The molecule has 0 spiro atoms. The van der Waals surface area contributed by atoms with Crippen LogP contribution in [-0.2, 0) is 16.1 Å². The zero-order chi connectivity index (χ0) is 15.5. The maximum atomic E-state index is 11.0. The smallest absolute Gasteiger partial charge is 0.305 e. The summed E-state index contributed by atoms with van der Waals surface area (Å²) in [7, 11) is 1.43. The van der Waals surface area contributed by atoms with Crippen molar-refractivity contribution in [3.8, 4) is 0 Å². The van der Waals surface area contributed by atoms with Gasteiger partial charge in [0.25, 0.3) is 0 Å². The van der Waals surface area contributed by atoms with Gasteiger partial charge in [0.2, 0.25) is 0 Å². The van der Waals surface area contributed by atoms with Gasteiger partial charge in [0.15, 0.2) is 0 Å². The molecule has 1 aromatic rings. The van der Waals surface area contributed by atoms with E-state index in [0.29, 0.717) is 6.42 Å². The summed E-state index contributed by atoms with van der Waals surface area (Å²) in [5.41, 5.74) is 7.12. The summed E-state index contributed by atoms with van der Waals surface area (Å²) in [6.45, 7) is 4.74. The molecule has 0 saturated carbocycles. The van der Waals surface area contributed by atoms with Gasteiger partial charge >= 0.3 is 5.97 Å². The van der Waals surface area contributed by atoms with E-state index in [0.717, 1.165) is 38.9 Å². The van der Waals surface area contributed by atoms with Gasteiger partial charge in [-0.15, -0.1) is 0 Å². The van der Waals surface area contributed by atoms with Crippen molar-refractivity contribution < 1.29 is 9.53 Å². The van der Waals surface area contributed by atoms with Crippen LogP contribution in [-0.4, -0.2) is 42.1 Å². The number of carbonyl (C=O) groups excluding carboxylic acids is 1. The quantitative estimate of drug-likeness (QED) is 0.527. The molecule has 0 amide bonds. The highest BCUT2D eigenvalue weighted by atomic mass is 16.5. The summed E-state index contributed by atoms with van der Waals surface area (Å²) in [4.78, 5) is 17.5. The molecule has 0 aromatic carbocycles. The molecule has 0 bridgehead atoms. The monoisotopic (exact) mass is 293 g/mol. The molecule has 118 valence electrons. The molecule has 0 aliphatic rings. The fourth-order valence-corrected chi connectivity index (χ4v) is 2.28. The topological polar surface area (TPSA) is 68.5 Å². The average molecular weight is 293 g/mol. The number of rotatable bonds is 10. The van der Waals surface area contributed by atoms with E-state index in [1.54, 1.807) is 6.20 Å². The number of hydrogen-bond donors (Lipinski definition) is 1. The van der Waals surface area contributed by atoms with Crippen LogP contribution in [0.1, 0.15) is 38.2 Å². The third-order valence-electron chi connectivity index (χ3n) is 3.26. The van der Waals surface area contributed by atoms with Crippen LogP contribution >= 0.6 is 0 Å². The SMILES string of the molecule is COC(=O)CCCCCN(Cc1cccnc1)CC(C)N. The number of methoxy groups -OCH3 is 1. The molecule has 1 rings (SSSR count). The van der Waals surface area contributed by atoms with Crippen LogP contribution in [0.3, 0.4) is 0 Å². The minimum atomic E-state index is -0.127. The van der Waals surface area contributed by atoms with Gasteiger partial charge in [-0.2, -0.15) is 0 Å². The zero-order valence-electron chi connectivity index (χ0n) is 13.1. The Balaban J connectivity index is 2.31. The highest BCUT2D eigenvalue weighted by Gasteiger charge is 2.08. The minimum Gasteiger partial charge on any atom is -0.469 e. The third kappa shape index (κ3) is 8.42. The van der Waals surface area contributed by atoms with Gasteiger partial charge in [0.1, 0.15) is 0 Å². The Kier molecular flexibility index (Phi) is 8.62. The van der Waals surface area contributed by atoms with E-state index >= 15 is 0 Å². The number of nitrogens with two attached hydrogens (primary N) is 1. The molecule has 5 heteroatoms. The first kappa shape index (κ1) is 17.6. The summed E-state index contributed by atoms with van der Waals surface area (Å²) >= 11 is 0. The Labute approximate surface area is 127 Å².